The fourth-order valence-corrected chi connectivity index (χ4v) is 2.56. The average Bonchev–Trinajstić information content (AvgIpc) is 2.54. The van der Waals surface area contributed by atoms with Gasteiger partial charge in [0.05, 0.1) is 19.9 Å². The summed E-state index contributed by atoms with van der Waals surface area (Å²) >= 11 is 1.58. The molecule has 0 saturated heterocycles. The van der Waals surface area contributed by atoms with E-state index in [4.69, 9.17) is 9.47 Å². The van der Waals surface area contributed by atoms with Crippen molar-refractivity contribution in [1.82, 2.24) is 0 Å². The molecule has 4 nitrogen and oxygen atoms in total. The Kier molecular flexibility index (Phi) is 5.11. The van der Waals surface area contributed by atoms with Crippen LogP contribution in [0.25, 0.3) is 0 Å². The van der Waals surface area contributed by atoms with Crippen molar-refractivity contribution in [2.24, 2.45) is 0 Å². The summed E-state index contributed by atoms with van der Waals surface area (Å²) in [5.41, 5.74) is 1.15. The number of hydrogen-bond donors (Lipinski definition) is 1. The highest BCUT2D eigenvalue weighted by Crippen LogP contribution is 2.31. The zero-order chi connectivity index (χ0) is 15.2. The van der Waals surface area contributed by atoms with Gasteiger partial charge in [0.15, 0.2) is 0 Å². The maximum absolute atomic E-state index is 12.6. The molecule has 0 atom stereocenters. The van der Waals surface area contributed by atoms with Crippen LogP contribution < -0.4 is 14.8 Å². The van der Waals surface area contributed by atoms with Gasteiger partial charge in [-0.1, -0.05) is 18.2 Å². The lowest BCUT2D eigenvalue weighted by molar-refractivity contribution is 0.102. The molecule has 0 aromatic heterocycles. The van der Waals surface area contributed by atoms with E-state index in [9.17, 15) is 4.79 Å². The molecule has 1 amide bonds. The van der Waals surface area contributed by atoms with Crippen molar-refractivity contribution < 1.29 is 14.3 Å². The summed E-state index contributed by atoms with van der Waals surface area (Å²) in [6.45, 7) is 0. The molecule has 0 aliphatic heterocycles. The zero-order valence-corrected chi connectivity index (χ0v) is 13.0. The molecule has 0 fully saturated rings. The molecule has 0 aliphatic rings. The van der Waals surface area contributed by atoms with Gasteiger partial charge in [-0.25, -0.2) is 0 Å². The summed E-state index contributed by atoms with van der Waals surface area (Å²) in [5, 5.41) is 2.91. The summed E-state index contributed by atoms with van der Waals surface area (Å²) < 4.78 is 10.5. The van der Waals surface area contributed by atoms with Gasteiger partial charge >= 0.3 is 0 Å². The Hall–Kier alpha value is -2.14. The number of benzene rings is 2. The molecular formula is C16H17NO3S. The highest BCUT2D eigenvalue weighted by atomic mass is 32.2. The number of carbonyl (C=O) groups is 1. The van der Waals surface area contributed by atoms with Gasteiger partial charge < -0.3 is 14.8 Å². The van der Waals surface area contributed by atoms with Crippen molar-refractivity contribution in [3.8, 4) is 11.5 Å². The van der Waals surface area contributed by atoms with E-state index in [0.29, 0.717) is 17.1 Å². The molecule has 1 N–H and O–H groups in total. The van der Waals surface area contributed by atoms with E-state index < -0.39 is 0 Å². The van der Waals surface area contributed by atoms with E-state index in [0.717, 1.165) is 10.6 Å². The zero-order valence-electron chi connectivity index (χ0n) is 12.2. The molecule has 0 saturated carbocycles. The Morgan fingerprint density at radius 2 is 1.62 bits per heavy atom. The second kappa shape index (κ2) is 7.04. The summed E-state index contributed by atoms with van der Waals surface area (Å²) in [5.74, 6) is 0.702. The summed E-state index contributed by atoms with van der Waals surface area (Å²) in [7, 11) is 3.06. The van der Waals surface area contributed by atoms with Crippen LogP contribution in [0.3, 0.4) is 0 Å². The van der Waals surface area contributed by atoms with Gasteiger partial charge in [-0.2, -0.15) is 0 Å². The number of rotatable bonds is 5. The van der Waals surface area contributed by atoms with E-state index in [-0.39, 0.29) is 5.91 Å². The van der Waals surface area contributed by atoms with Crippen LogP contribution in [0.4, 0.5) is 5.69 Å². The van der Waals surface area contributed by atoms with Gasteiger partial charge in [-0.3, -0.25) is 4.79 Å². The van der Waals surface area contributed by atoms with Crippen molar-refractivity contribution >= 4 is 23.4 Å². The molecule has 110 valence electrons. The smallest absolute Gasteiger partial charge is 0.263 e. The van der Waals surface area contributed by atoms with Gasteiger partial charge in [0.1, 0.15) is 17.1 Å². The molecule has 5 heteroatoms. The minimum atomic E-state index is -0.259. The molecule has 0 heterocycles. The van der Waals surface area contributed by atoms with Crippen molar-refractivity contribution in [1.29, 1.82) is 0 Å². The van der Waals surface area contributed by atoms with E-state index in [2.05, 4.69) is 5.32 Å². The number of para-hydroxylation sites is 1. The Morgan fingerprint density at radius 3 is 2.19 bits per heavy atom. The fraction of sp³-hybridized carbons (Fsp3) is 0.188. The maximum Gasteiger partial charge on any atom is 0.263 e. The first-order chi connectivity index (χ1) is 10.2. The molecule has 0 radical (unpaired) electrons. The first-order valence-electron chi connectivity index (χ1n) is 6.36. The van der Waals surface area contributed by atoms with Crippen molar-refractivity contribution in [3.05, 3.63) is 48.0 Å². The topological polar surface area (TPSA) is 47.6 Å². The monoisotopic (exact) mass is 303 g/mol. The second-order valence-electron chi connectivity index (χ2n) is 4.19. The van der Waals surface area contributed by atoms with E-state index in [1.807, 2.05) is 30.5 Å². The minimum Gasteiger partial charge on any atom is -0.496 e. The van der Waals surface area contributed by atoms with Crippen LogP contribution in [0.2, 0.25) is 0 Å². The van der Waals surface area contributed by atoms with Crippen LogP contribution in [0.1, 0.15) is 10.4 Å². The number of carbonyl (C=O) groups excluding carboxylic acids is 1. The molecule has 2 rings (SSSR count). The van der Waals surface area contributed by atoms with Crippen LogP contribution in [-0.4, -0.2) is 26.4 Å². The molecular weight excluding hydrogens is 286 g/mol. The number of nitrogens with one attached hydrogen (secondary N) is 1. The number of ether oxygens (including phenoxy) is 2. The predicted molar refractivity (Wildman–Crippen MR) is 85.7 cm³/mol. The summed E-state index contributed by atoms with van der Waals surface area (Å²) in [6.07, 6.45) is 1.97. The second-order valence-corrected chi connectivity index (χ2v) is 5.04. The highest BCUT2D eigenvalue weighted by Gasteiger charge is 2.18. The lowest BCUT2D eigenvalue weighted by atomic mass is 10.1. The standard InChI is InChI=1S/C16H17NO3S/c1-19-12-8-6-9-13(20-2)15(12)16(18)17-11-7-4-5-10-14(11)21-3/h4-10H,1-3H3,(H,17,18). The van der Waals surface area contributed by atoms with Gasteiger partial charge in [-0.15, -0.1) is 11.8 Å². The number of hydrogen-bond acceptors (Lipinski definition) is 4. The Labute approximate surface area is 128 Å². The molecule has 0 unspecified atom stereocenters. The summed E-state index contributed by atoms with van der Waals surface area (Å²) in [4.78, 5) is 13.6. The van der Waals surface area contributed by atoms with Gasteiger partial charge in [0.25, 0.3) is 5.91 Å². The third-order valence-corrected chi connectivity index (χ3v) is 3.81. The number of methoxy groups -OCH3 is 2. The Balaban J connectivity index is 2.36. The van der Waals surface area contributed by atoms with Crippen molar-refractivity contribution in [2.45, 2.75) is 4.90 Å². The molecule has 21 heavy (non-hydrogen) atoms. The number of anilines is 1. The largest absolute Gasteiger partial charge is 0.496 e. The maximum atomic E-state index is 12.6. The van der Waals surface area contributed by atoms with Crippen molar-refractivity contribution in [3.63, 3.8) is 0 Å². The lowest BCUT2D eigenvalue weighted by Crippen LogP contribution is -2.15. The lowest BCUT2D eigenvalue weighted by Gasteiger charge is -2.14. The Morgan fingerprint density at radius 1 is 1.00 bits per heavy atom. The van der Waals surface area contributed by atoms with E-state index in [1.165, 1.54) is 14.2 Å². The minimum absolute atomic E-state index is 0.259. The van der Waals surface area contributed by atoms with Gasteiger partial charge in [-0.05, 0) is 30.5 Å². The molecule has 2 aromatic carbocycles. The van der Waals surface area contributed by atoms with Crippen LogP contribution in [-0.2, 0) is 0 Å². The fourth-order valence-electron chi connectivity index (χ4n) is 2.01. The third-order valence-electron chi connectivity index (χ3n) is 3.01. The van der Waals surface area contributed by atoms with Gasteiger partial charge in [0.2, 0.25) is 0 Å². The van der Waals surface area contributed by atoms with Crippen LogP contribution in [0, 0.1) is 0 Å². The summed E-state index contributed by atoms with van der Waals surface area (Å²) in [6, 6.07) is 12.9. The first kappa shape index (κ1) is 15.3. The van der Waals surface area contributed by atoms with Crippen LogP contribution in [0.5, 0.6) is 11.5 Å². The molecule has 0 aliphatic carbocycles. The van der Waals surface area contributed by atoms with Crippen LogP contribution in [0.15, 0.2) is 47.4 Å². The Bertz CT molecular complexity index is 621. The predicted octanol–water partition coefficient (Wildman–Crippen LogP) is 3.68. The van der Waals surface area contributed by atoms with Crippen molar-refractivity contribution in [2.75, 3.05) is 25.8 Å². The van der Waals surface area contributed by atoms with E-state index in [1.54, 1.807) is 30.0 Å². The quantitative estimate of drug-likeness (QED) is 0.856. The molecule has 0 spiro atoms. The van der Waals surface area contributed by atoms with Crippen LogP contribution >= 0.6 is 11.8 Å². The number of amides is 1. The van der Waals surface area contributed by atoms with E-state index >= 15 is 0 Å². The highest BCUT2D eigenvalue weighted by molar-refractivity contribution is 7.98. The first-order valence-corrected chi connectivity index (χ1v) is 7.59. The SMILES string of the molecule is COc1cccc(OC)c1C(=O)Nc1ccccc1SC. The normalized spacial score (nSPS) is 10.0. The molecule has 0 bridgehead atoms. The third kappa shape index (κ3) is 3.31. The average molecular weight is 303 g/mol. The van der Waals surface area contributed by atoms with Gasteiger partial charge in [0, 0.05) is 4.90 Å². The molecule has 2 aromatic rings. The number of thioether (sulfide) groups is 1.